The quantitative estimate of drug-likeness (QED) is 0.799. The van der Waals surface area contributed by atoms with Crippen LogP contribution in [0.3, 0.4) is 0 Å². The molecule has 0 saturated heterocycles. The van der Waals surface area contributed by atoms with E-state index in [0.29, 0.717) is 31.1 Å². The molecular weight excluding hydrogens is 254 g/mol. The average Bonchev–Trinajstić information content (AvgIpc) is 2.36. The molecule has 1 saturated carbocycles. The summed E-state index contributed by atoms with van der Waals surface area (Å²) in [6.45, 7) is 6.08. The molecule has 20 heavy (non-hydrogen) atoms. The molecule has 2 amide bonds. The van der Waals surface area contributed by atoms with Crippen LogP contribution < -0.4 is 11.1 Å². The van der Waals surface area contributed by atoms with E-state index in [1.807, 2.05) is 13.8 Å². The molecule has 5 nitrogen and oxygen atoms in total. The summed E-state index contributed by atoms with van der Waals surface area (Å²) in [5.41, 5.74) is 5.42. The molecule has 0 heterocycles. The third kappa shape index (κ3) is 4.52. The van der Waals surface area contributed by atoms with Gasteiger partial charge in [-0.3, -0.25) is 9.59 Å². The number of hydrogen-bond donors (Lipinski definition) is 2. The van der Waals surface area contributed by atoms with Crippen molar-refractivity contribution in [3.05, 3.63) is 0 Å². The van der Waals surface area contributed by atoms with Gasteiger partial charge in [0, 0.05) is 11.8 Å². The number of nitrogens with one attached hydrogen (secondary N) is 1. The molecule has 4 atom stereocenters. The van der Waals surface area contributed by atoms with Crippen molar-refractivity contribution in [1.29, 1.82) is 5.26 Å². The molecule has 1 aliphatic carbocycles. The minimum atomic E-state index is -0.490. The highest BCUT2D eigenvalue weighted by atomic mass is 16.2. The normalized spacial score (nSPS) is 27.6. The lowest BCUT2D eigenvalue weighted by atomic mass is 9.73. The largest absolute Gasteiger partial charge is 0.369 e. The first kappa shape index (κ1) is 16.5. The molecule has 3 N–H and O–H groups in total. The molecule has 0 spiro atoms. The predicted octanol–water partition coefficient (Wildman–Crippen LogP) is 1.58. The Hall–Kier alpha value is -1.57. The van der Waals surface area contributed by atoms with Gasteiger partial charge in [-0.05, 0) is 37.5 Å². The summed E-state index contributed by atoms with van der Waals surface area (Å²) in [6.07, 6.45) is 2.87. The van der Waals surface area contributed by atoms with Crippen molar-refractivity contribution in [2.24, 2.45) is 29.4 Å². The highest BCUT2D eigenvalue weighted by Crippen LogP contribution is 2.33. The smallest absolute Gasteiger partial charge is 0.224 e. The molecule has 112 valence electrons. The lowest BCUT2D eigenvalue weighted by Crippen LogP contribution is -2.46. The van der Waals surface area contributed by atoms with Crippen LogP contribution in [0.15, 0.2) is 0 Å². The number of nitrogens with two attached hydrogens (primary N) is 1. The van der Waals surface area contributed by atoms with Crippen LogP contribution in [0.4, 0.5) is 0 Å². The summed E-state index contributed by atoms with van der Waals surface area (Å²) in [4.78, 5) is 23.8. The maximum atomic E-state index is 12.3. The van der Waals surface area contributed by atoms with Gasteiger partial charge in [0.15, 0.2) is 0 Å². The summed E-state index contributed by atoms with van der Waals surface area (Å²) in [6, 6.07) is 1.62. The van der Waals surface area contributed by atoms with E-state index in [1.54, 1.807) is 0 Å². The van der Waals surface area contributed by atoms with Crippen molar-refractivity contribution in [3.63, 3.8) is 0 Å². The number of primary amides is 1. The number of carbonyl (C=O) groups is 2. The van der Waals surface area contributed by atoms with E-state index in [1.165, 1.54) is 0 Å². The molecule has 1 fully saturated rings. The minimum Gasteiger partial charge on any atom is -0.369 e. The second-order valence-electron chi connectivity index (χ2n) is 6.35. The minimum absolute atomic E-state index is 0.201. The van der Waals surface area contributed by atoms with Crippen LogP contribution in [0, 0.1) is 35.0 Å². The Morgan fingerprint density at radius 1 is 1.35 bits per heavy atom. The average molecular weight is 279 g/mol. The second-order valence-corrected chi connectivity index (χ2v) is 6.35. The fraction of sp³-hybridized carbons (Fsp3) is 0.800. The van der Waals surface area contributed by atoms with Crippen molar-refractivity contribution in [3.8, 4) is 6.07 Å². The highest BCUT2D eigenvalue weighted by Gasteiger charge is 2.37. The van der Waals surface area contributed by atoms with Gasteiger partial charge >= 0.3 is 0 Å². The maximum absolute atomic E-state index is 12.3. The van der Waals surface area contributed by atoms with E-state index in [0.717, 1.165) is 6.42 Å². The van der Waals surface area contributed by atoms with Crippen LogP contribution in [-0.4, -0.2) is 17.9 Å². The predicted molar refractivity (Wildman–Crippen MR) is 76.2 cm³/mol. The van der Waals surface area contributed by atoms with Gasteiger partial charge in [-0.25, -0.2) is 0 Å². The van der Waals surface area contributed by atoms with Gasteiger partial charge in [-0.2, -0.15) is 5.26 Å². The Kier molecular flexibility index (Phi) is 6.00. The Balaban J connectivity index is 2.69. The second kappa shape index (κ2) is 7.28. The molecule has 0 aromatic heterocycles. The van der Waals surface area contributed by atoms with E-state index in [4.69, 9.17) is 11.0 Å². The molecular formula is C15H25N3O2. The summed E-state index contributed by atoms with van der Waals surface area (Å²) >= 11 is 0. The van der Waals surface area contributed by atoms with E-state index < -0.39 is 17.9 Å². The fourth-order valence-corrected chi connectivity index (χ4v) is 2.90. The zero-order valence-corrected chi connectivity index (χ0v) is 12.6. The monoisotopic (exact) mass is 279 g/mol. The third-order valence-corrected chi connectivity index (χ3v) is 3.99. The Bertz CT molecular complexity index is 400. The first-order valence-electron chi connectivity index (χ1n) is 7.34. The molecule has 0 aromatic carbocycles. The number of hydrogen-bond acceptors (Lipinski definition) is 3. The number of nitriles is 1. The van der Waals surface area contributed by atoms with Gasteiger partial charge in [0.05, 0.1) is 6.07 Å². The maximum Gasteiger partial charge on any atom is 0.224 e. The number of nitrogens with zero attached hydrogens (tertiary/aromatic N) is 1. The number of rotatable bonds is 5. The number of carbonyl (C=O) groups excluding carboxylic acids is 2. The molecule has 5 heteroatoms. The van der Waals surface area contributed by atoms with Crippen LogP contribution in [0.1, 0.15) is 46.5 Å². The van der Waals surface area contributed by atoms with Crippen LogP contribution >= 0.6 is 0 Å². The van der Waals surface area contributed by atoms with Gasteiger partial charge in [0.2, 0.25) is 11.8 Å². The van der Waals surface area contributed by atoms with E-state index in [-0.39, 0.29) is 11.8 Å². The zero-order chi connectivity index (χ0) is 15.3. The van der Waals surface area contributed by atoms with Crippen molar-refractivity contribution in [2.75, 3.05) is 0 Å². The summed E-state index contributed by atoms with van der Waals surface area (Å²) in [5, 5.41) is 11.8. The standard InChI is InChI=1S/C15H25N3O2/c1-9(2)6-11(8-16)18-15(20)12-5-4-10(3)7-13(12)14(17)19/h9-13H,4-7H2,1-3H3,(H2,17,19)(H,18,20)/t10?,11?,12-,13+/m1/s1. The molecule has 0 aromatic rings. The number of amides is 2. The Labute approximate surface area is 120 Å². The molecule has 0 radical (unpaired) electrons. The molecule has 0 bridgehead atoms. The topological polar surface area (TPSA) is 96.0 Å². The SMILES string of the molecule is CC(C)CC(C#N)NC(=O)[C@@H]1CCC(C)C[C@@H]1C(N)=O. The van der Waals surface area contributed by atoms with Crippen molar-refractivity contribution in [2.45, 2.75) is 52.5 Å². The van der Waals surface area contributed by atoms with E-state index in [2.05, 4.69) is 18.3 Å². The van der Waals surface area contributed by atoms with Gasteiger partial charge in [0.25, 0.3) is 0 Å². The molecule has 1 rings (SSSR count). The van der Waals surface area contributed by atoms with E-state index in [9.17, 15) is 9.59 Å². The summed E-state index contributed by atoms with van der Waals surface area (Å²) in [5.74, 6) is -0.650. The van der Waals surface area contributed by atoms with Crippen LogP contribution in [0.25, 0.3) is 0 Å². The zero-order valence-electron chi connectivity index (χ0n) is 12.6. The van der Waals surface area contributed by atoms with Crippen molar-refractivity contribution >= 4 is 11.8 Å². The third-order valence-electron chi connectivity index (χ3n) is 3.99. The first-order chi connectivity index (χ1) is 9.35. The van der Waals surface area contributed by atoms with Gasteiger partial charge in [0.1, 0.15) is 6.04 Å². The molecule has 0 aliphatic heterocycles. The van der Waals surface area contributed by atoms with Crippen molar-refractivity contribution < 1.29 is 9.59 Å². The van der Waals surface area contributed by atoms with Crippen LogP contribution in [0.5, 0.6) is 0 Å². The fourth-order valence-electron chi connectivity index (χ4n) is 2.90. The lowest BCUT2D eigenvalue weighted by molar-refractivity contribution is -0.136. The van der Waals surface area contributed by atoms with Crippen LogP contribution in [-0.2, 0) is 9.59 Å². The van der Waals surface area contributed by atoms with Gasteiger partial charge < -0.3 is 11.1 Å². The van der Waals surface area contributed by atoms with Gasteiger partial charge in [-0.15, -0.1) is 0 Å². The first-order valence-corrected chi connectivity index (χ1v) is 7.34. The van der Waals surface area contributed by atoms with E-state index >= 15 is 0 Å². The summed E-state index contributed by atoms with van der Waals surface area (Å²) < 4.78 is 0. The Morgan fingerprint density at radius 3 is 2.50 bits per heavy atom. The Morgan fingerprint density at radius 2 is 2.00 bits per heavy atom. The lowest BCUT2D eigenvalue weighted by Gasteiger charge is -2.32. The highest BCUT2D eigenvalue weighted by molar-refractivity contribution is 5.87. The van der Waals surface area contributed by atoms with Crippen LogP contribution in [0.2, 0.25) is 0 Å². The summed E-state index contributed by atoms with van der Waals surface area (Å²) in [7, 11) is 0. The van der Waals surface area contributed by atoms with Gasteiger partial charge in [-0.1, -0.05) is 20.8 Å². The van der Waals surface area contributed by atoms with Crippen molar-refractivity contribution in [1.82, 2.24) is 5.32 Å². The molecule has 2 unspecified atom stereocenters. The molecule has 1 aliphatic rings.